The Balaban J connectivity index is 1.27. The lowest BCUT2D eigenvalue weighted by Gasteiger charge is -2.48. The standard InChI is InChI=1S/C31H33BrClFN8O/c1-18-15-40(19(2)14-39(18)28(21-6-9-23(32)10-7-21)22-8-11-26(34)25(33)13-22)29-27-30(42-17-35-38-31(42)37-29)41(20(3)36-27)16-24-5-4-12-43-24/h6-11,13,17-19,24,28H,4-5,12,14-16H2,1-3H3/t18-,19+,24+,28?/m1/s1. The van der Waals surface area contributed by atoms with Gasteiger partial charge in [0.05, 0.1) is 23.7 Å². The summed E-state index contributed by atoms with van der Waals surface area (Å²) < 4.78 is 25.3. The highest BCUT2D eigenvalue weighted by Crippen LogP contribution is 2.37. The number of piperazine rings is 1. The van der Waals surface area contributed by atoms with Gasteiger partial charge < -0.3 is 14.2 Å². The third kappa shape index (κ3) is 5.20. The van der Waals surface area contributed by atoms with Gasteiger partial charge in [-0.3, -0.25) is 4.90 Å². The van der Waals surface area contributed by atoms with Crippen LogP contribution in [-0.4, -0.2) is 71.9 Å². The van der Waals surface area contributed by atoms with Crippen molar-refractivity contribution >= 4 is 50.3 Å². The van der Waals surface area contributed by atoms with Crippen LogP contribution in [-0.2, 0) is 11.3 Å². The van der Waals surface area contributed by atoms with Gasteiger partial charge in [-0.05, 0) is 69.0 Å². The van der Waals surface area contributed by atoms with Gasteiger partial charge in [-0.2, -0.15) is 4.98 Å². The number of halogens is 3. The minimum absolute atomic E-state index is 0.0924. The number of hydrogen-bond acceptors (Lipinski definition) is 7. The van der Waals surface area contributed by atoms with Crippen molar-refractivity contribution in [3.63, 3.8) is 0 Å². The molecule has 9 nitrogen and oxygen atoms in total. The molecule has 0 aliphatic carbocycles. The summed E-state index contributed by atoms with van der Waals surface area (Å²) in [5, 5.41) is 8.65. The number of aromatic nitrogens is 6. The molecule has 2 aliphatic heterocycles. The van der Waals surface area contributed by atoms with Gasteiger partial charge in [-0.25, -0.2) is 13.8 Å². The molecule has 1 unspecified atom stereocenters. The van der Waals surface area contributed by atoms with Crippen LogP contribution >= 0.6 is 27.5 Å². The lowest BCUT2D eigenvalue weighted by atomic mass is 9.93. The third-order valence-electron chi connectivity index (χ3n) is 8.80. The summed E-state index contributed by atoms with van der Waals surface area (Å²) in [4.78, 5) is 14.9. The average molecular weight is 668 g/mol. The molecule has 4 atom stereocenters. The minimum Gasteiger partial charge on any atom is -0.376 e. The fourth-order valence-electron chi connectivity index (χ4n) is 6.67. The molecule has 2 saturated heterocycles. The predicted molar refractivity (Wildman–Crippen MR) is 168 cm³/mol. The van der Waals surface area contributed by atoms with Crippen molar-refractivity contribution in [3.8, 4) is 0 Å². The van der Waals surface area contributed by atoms with Crippen molar-refractivity contribution in [1.29, 1.82) is 0 Å². The van der Waals surface area contributed by atoms with Crippen LogP contribution in [0.5, 0.6) is 0 Å². The first-order valence-electron chi connectivity index (χ1n) is 14.7. The van der Waals surface area contributed by atoms with Crippen LogP contribution in [0.4, 0.5) is 10.2 Å². The summed E-state index contributed by atoms with van der Waals surface area (Å²) in [6.07, 6.45) is 3.99. The average Bonchev–Trinajstić information content (AvgIpc) is 3.74. The topological polar surface area (TPSA) is 76.6 Å². The molecular weight excluding hydrogens is 635 g/mol. The molecule has 0 amide bonds. The molecule has 0 saturated carbocycles. The Morgan fingerprint density at radius 1 is 1.07 bits per heavy atom. The number of hydrogen-bond donors (Lipinski definition) is 0. The number of aryl methyl sites for hydroxylation is 1. The summed E-state index contributed by atoms with van der Waals surface area (Å²) in [7, 11) is 0. The first kappa shape index (κ1) is 28.6. The molecule has 3 aromatic heterocycles. The van der Waals surface area contributed by atoms with E-state index in [1.165, 1.54) is 6.07 Å². The highest BCUT2D eigenvalue weighted by Gasteiger charge is 2.37. The second kappa shape index (κ2) is 11.4. The molecule has 0 N–H and O–H groups in total. The van der Waals surface area contributed by atoms with Crippen molar-refractivity contribution < 1.29 is 9.13 Å². The molecular formula is C31H33BrClFN8O. The Bertz CT molecular complexity index is 1790. The molecule has 0 spiro atoms. The van der Waals surface area contributed by atoms with Crippen LogP contribution in [0.1, 0.15) is 49.7 Å². The third-order valence-corrected chi connectivity index (χ3v) is 9.62. The summed E-state index contributed by atoms with van der Waals surface area (Å²) in [6, 6.07) is 13.5. The predicted octanol–water partition coefficient (Wildman–Crippen LogP) is 6.21. The van der Waals surface area contributed by atoms with E-state index in [9.17, 15) is 4.39 Å². The van der Waals surface area contributed by atoms with Gasteiger partial charge in [0.15, 0.2) is 11.5 Å². The zero-order valence-corrected chi connectivity index (χ0v) is 26.6. The molecule has 5 aromatic rings. The number of fused-ring (bicyclic) bond motifs is 3. The Hall–Kier alpha value is -3.12. The Morgan fingerprint density at radius 3 is 2.60 bits per heavy atom. The van der Waals surface area contributed by atoms with Gasteiger partial charge in [0.1, 0.15) is 23.5 Å². The molecule has 0 radical (unpaired) electrons. The molecule has 2 fully saturated rings. The van der Waals surface area contributed by atoms with Gasteiger partial charge in [0, 0.05) is 36.3 Å². The normalized spacial score (nSPS) is 22.2. The number of benzene rings is 2. The van der Waals surface area contributed by atoms with E-state index >= 15 is 0 Å². The zero-order valence-electron chi connectivity index (χ0n) is 24.3. The van der Waals surface area contributed by atoms with Crippen molar-refractivity contribution in [1.82, 2.24) is 34.0 Å². The van der Waals surface area contributed by atoms with E-state index in [2.05, 4.69) is 66.5 Å². The first-order valence-corrected chi connectivity index (χ1v) is 15.9. The van der Waals surface area contributed by atoms with E-state index < -0.39 is 5.82 Å². The maximum atomic E-state index is 14.2. The Labute approximate surface area is 262 Å². The van der Waals surface area contributed by atoms with Crippen LogP contribution in [0.2, 0.25) is 5.02 Å². The highest BCUT2D eigenvalue weighted by atomic mass is 79.9. The smallest absolute Gasteiger partial charge is 0.258 e. The van der Waals surface area contributed by atoms with Gasteiger partial charge >= 0.3 is 0 Å². The number of anilines is 1. The lowest BCUT2D eigenvalue weighted by Crippen LogP contribution is -2.57. The van der Waals surface area contributed by atoms with Crippen LogP contribution in [0.15, 0.2) is 53.3 Å². The first-order chi connectivity index (χ1) is 20.8. The molecule has 2 aliphatic rings. The van der Waals surface area contributed by atoms with Crippen LogP contribution < -0.4 is 4.90 Å². The van der Waals surface area contributed by atoms with Crippen LogP contribution in [0.25, 0.3) is 16.9 Å². The molecule has 224 valence electrons. The number of imidazole rings is 1. The molecule has 5 heterocycles. The van der Waals surface area contributed by atoms with E-state index in [0.717, 1.165) is 70.9 Å². The number of rotatable bonds is 6. The van der Waals surface area contributed by atoms with Gasteiger partial charge in [-0.15, -0.1) is 10.2 Å². The van der Waals surface area contributed by atoms with Crippen molar-refractivity contribution in [2.75, 3.05) is 24.6 Å². The second-order valence-corrected chi connectivity index (χ2v) is 13.0. The number of nitrogens with zero attached hydrogens (tertiary/aromatic N) is 8. The SMILES string of the molecule is Cc1nc2c(N3C[C@@H](C)N(C(c4ccc(Br)cc4)c4ccc(F)c(Cl)c4)C[C@@H]3C)nc3nncn3c2n1C[C@@H]1CCCO1. The largest absolute Gasteiger partial charge is 0.376 e. The second-order valence-electron chi connectivity index (χ2n) is 11.7. The highest BCUT2D eigenvalue weighted by molar-refractivity contribution is 9.10. The van der Waals surface area contributed by atoms with Gasteiger partial charge in [0.25, 0.3) is 5.78 Å². The summed E-state index contributed by atoms with van der Waals surface area (Å²) in [5.41, 5.74) is 3.85. The quantitative estimate of drug-likeness (QED) is 0.213. The van der Waals surface area contributed by atoms with E-state index in [-0.39, 0.29) is 29.3 Å². The van der Waals surface area contributed by atoms with E-state index in [4.69, 9.17) is 26.3 Å². The van der Waals surface area contributed by atoms with E-state index in [0.29, 0.717) is 12.3 Å². The zero-order chi connectivity index (χ0) is 29.8. The minimum atomic E-state index is -0.417. The summed E-state index contributed by atoms with van der Waals surface area (Å²) in [5.74, 6) is 1.86. The maximum Gasteiger partial charge on any atom is 0.258 e. The molecule has 7 rings (SSSR count). The summed E-state index contributed by atoms with van der Waals surface area (Å²) >= 11 is 9.86. The Morgan fingerprint density at radius 2 is 1.86 bits per heavy atom. The van der Waals surface area contributed by atoms with Gasteiger partial charge in [0.2, 0.25) is 0 Å². The van der Waals surface area contributed by atoms with E-state index in [1.807, 2.05) is 29.5 Å². The molecule has 0 bridgehead atoms. The lowest BCUT2D eigenvalue weighted by molar-refractivity contribution is 0.0972. The summed E-state index contributed by atoms with van der Waals surface area (Å²) in [6.45, 7) is 9.47. The van der Waals surface area contributed by atoms with Gasteiger partial charge in [-0.1, -0.05) is 45.7 Å². The van der Waals surface area contributed by atoms with Crippen molar-refractivity contribution in [3.05, 3.63) is 81.1 Å². The molecule has 2 aromatic carbocycles. The van der Waals surface area contributed by atoms with Crippen LogP contribution in [0.3, 0.4) is 0 Å². The maximum absolute atomic E-state index is 14.2. The van der Waals surface area contributed by atoms with E-state index in [1.54, 1.807) is 12.4 Å². The number of ether oxygens (including phenoxy) is 1. The monoisotopic (exact) mass is 666 g/mol. The Kier molecular flexibility index (Phi) is 7.61. The fourth-order valence-corrected chi connectivity index (χ4v) is 7.12. The fraction of sp³-hybridized carbons (Fsp3) is 0.419. The van der Waals surface area contributed by atoms with Crippen molar-refractivity contribution in [2.24, 2.45) is 0 Å². The van der Waals surface area contributed by atoms with Crippen molar-refractivity contribution in [2.45, 2.75) is 64.4 Å². The van der Waals surface area contributed by atoms with Crippen LogP contribution in [0, 0.1) is 12.7 Å². The molecule has 43 heavy (non-hydrogen) atoms. The molecule has 12 heteroatoms.